The fourth-order valence-corrected chi connectivity index (χ4v) is 2.52. The third kappa shape index (κ3) is 3.42. The molecule has 3 heterocycles. The van der Waals surface area contributed by atoms with Gasteiger partial charge in [0, 0.05) is 6.20 Å². The van der Waals surface area contributed by atoms with Crippen LogP contribution >= 0.6 is 11.6 Å². The van der Waals surface area contributed by atoms with Crippen LogP contribution in [0.4, 0.5) is 10.1 Å². The van der Waals surface area contributed by atoms with Gasteiger partial charge in [-0.15, -0.1) is 10.2 Å². The average Bonchev–Trinajstić information content (AvgIpc) is 3.31. The van der Waals surface area contributed by atoms with Crippen LogP contribution in [-0.2, 0) is 0 Å². The van der Waals surface area contributed by atoms with Crippen LogP contribution in [-0.4, -0.2) is 21.1 Å². The second kappa shape index (κ2) is 7.00. The van der Waals surface area contributed by atoms with Crippen molar-refractivity contribution in [2.45, 2.75) is 0 Å². The molecule has 0 aliphatic rings. The predicted molar refractivity (Wildman–Crippen MR) is 94.6 cm³/mol. The molecule has 134 valence electrons. The minimum atomic E-state index is -0.615. The average molecular weight is 385 g/mol. The highest BCUT2D eigenvalue weighted by atomic mass is 35.5. The Kier molecular flexibility index (Phi) is 4.39. The lowest BCUT2D eigenvalue weighted by Crippen LogP contribution is -2.13. The van der Waals surface area contributed by atoms with Crippen molar-refractivity contribution in [2.24, 2.45) is 0 Å². The zero-order valence-corrected chi connectivity index (χ0v) is 14.3. The normalized spacial score (nSPS) is 10.7. The van der Waals surface area contributed by atoms with E-state index >= 15 is 0 Å². The molecule has 0 fully saturated rings. The van der Waals surface area contributed by atoms with E-state index in [1.54, 1.807) is 18.2 Å². The maximum Gasteiger partial charge on any atom is 0.285 e. The molecule has 0 saturated carbocycles. The molecule has 4 rings (SSSR count). The molecule has 0 aliphatic carbocycles. The molecular weight excluding hydrogens is 375 g/mol. The van der Waals surface area contributed by atoms with Gasteiger partial charge in [-0.3, -0.25) is 9.78 Å². The van der Waals surface area contributed by atoms with Crippen LogP contribution in [0.15, 0.2) is 63.9 Å². The van der Waals surface area contributed by atoms with Gasteiger partial charge >= 0.3 is 0 Å². The van der Waals surface area contributed by atoms with Crippen LogP contribution < -0.4 is 5.32 Å². The second-order valence-electron chi connectivity index (χ2n) is 5.41. The molecule has 1 N–H and O–H groups in total. The van der Waals surface area contributed by atoms with Gasteiger partial charge in [0.25, 0.3) is 11.8 Å². The Bertz CT molecular complexity index is 1130. The number of pyridine rings is 1. The van der Waals surface area contributed by atoms with E-state index in [1.807, 2.05) is 0 Å². The van der Waals surface area contributed by atoms with Gasteiger partial charge in [-0.1, -0.05) is 23.7 Å². The topological polar surface area (TPSA) is 94.1 Å². The largest absolute Gasteiger partial charge is 0.458 e. The fourth-order valence-electron chi connectivity index (χ4n) is 2.35. The Morgan fingerprint density at radius 2 is 1.93 bits per heavy atom. The molecule has 0 radical (unpaired) electrons. The van der Waals surface area contributed by atoms with E-state index in [1.165, 1.54) is 36.9 Å². The molecular formula is C18H10ClFN4O3. The minimum absolute atomic E-state index is 0.0737. The van der Waals surface area contributed by atoms with E-state index in [2.05, 4.69) is 20.5 Å². The lowest BCUT2D eigenvalue weighted by atomic mass is 10.2. The van der Waals surface area contributed by atoms with E-state index in [0.717, 1.165) is 0 Å². The van der Waals surface area contributed by atoms with E-state index in [-0.39, 0.29) is 23.1 Å². The number of benzene rings is 1. The zero-order chi connectivity index (χ0) is 18.8. The van der Waals surface area contributed by atoms with Gasteiger partial charge in [-0.2, -0.15) is 0 Å². The predicted octanol–water partition coefficient (Wildman–Crippen LogP) is 4.44. The molecule has 27 heavy (non-hydrogen) atoms. The highest BCUT2D eigenvalue weighted by molar-refractivity contribution is 6.32. The summed E-state index contributed by atoms with van der Waals surface area (Å²) in [5, 5.41) is 10.7. The Morgan fingerprint density at radius 3 is 2.70 bits per heavy atom. The molecule has 9 heteroatoms. The number of furan rings is 1. The number of rotatable bonds is 4. The minimum Gasteiger partial charge on any atom is -0.458 e. The Labute approximate surface area is 156 Å². The number of carbonyl (C=O) groups excluding carboxylic acids is 1. The van der Waals surface area contributed by atoms with E-state index in [9.17, 15) is 9.18 Å². The Balaban J connectivity index is 1.58. The molecule has 4 aromatic rings. The molecule has 0 unspecified atom stereocenters. The molecule has 1 amide bonds. The van der Waals surface area contributed by atoms with Gasteiger partial charge in [-0.25, -0.2) is 4.39 Å². The summed E-state index contributed by atoms with van der Waals surface area (Å²) < 4.78 is 24.5. The Morgan fingerprint density at radius 1 is 1.11 bits per heavy atom. The third-order valence-electron chi connectivity index (χ3n) is 3.60. The maximum atomic E-state index is 13.7. The van der Waals surface area contributed by atoms with E-state index in [4.69, 9.17) is 20.4 Å². The summed E-state index contributed by atoms with van der Waals surface area (Å²) in [7, 11) is 0. The number of hydrogen-bond donors (Lipinski definition) is 1. The lowest BCUT2D eigenvalue weighted by Gasteiger charge is -2.06. The van der Waals surface area contributed by atoms with Gasteiger partial charge in [0.2, 0.25) is 11.7 Å². The summed E-state index contributed by atoms with van der Waals surface area (Å²) in [6, 6.07) is 8.82. The number of halogens is 2. The molecule has 7 nitrogen and oxygen atoms in total. The van der Waals surface area contributed by atoms with Crippen molar-refractivity contribution < 1.29 is 18.0 Å². The van der Waals surface area contributed by atoms with Crippen LogP contribution in [0.2, 0.25) is 5.02 Å². The molecule has 0 saturated heterocycles. The smallest absolute Gasteiger partial charge is 0.285 e. The van der Waals surface area contributed by atoms with E-state index < -0.39 is 11.7 Å². The van der Waals surface area contributed by atoms with Gasteiger partial charge in [0.1, 0.15) is 5.82 Å². The molecule has 0 atom stereocenters. The molecule has 0 bridgehead atoms. The zero-order valence-electron chi connectivity index (χ0n) is 13.5. The second-order valence-corrected chi connectivity index (χ2v) is 5.81. The monoisotopic (exact) mass is 384 g/mol. The molecule has 0 aliphatic heterocycles. The Hall–Kier alpha value is -3.52. The van der Waals surface area contributed by atoms with Crippen molar-refractivity contribution in [1.82, 2.24) is 15.2 Å². The molecule has 3 aromatic heterocycles. The fraction of sp³-hybridized carbons (Fsp3) is 0. The first-order valence-corrected chi connectivity index (χ1v) is 8.08. The van der Waals surface area contributed by atoms with Gasteiger partial charge in [-0.05, 0) is 24.3 Å². The quantitative estimate of drug-likeness (QED) is 0.559. The third-order valence-corrected chi connectivity index (χ3v) is 3.90. The van der Waals surface area contributed by atoms with Crippen molar-refractivity contribution in [3.05, 3.63) is 71.5 Å². The summed E-state index contributed by atoms with van der Waals surface area (Å²) in [5.41, 5.74) is 0.731. The first kappa shape index (κ1) is 16.9. The molecule has 0 spiro atoms. The standard InChI is InChI=1S/C18H10ClFN4O3/c19-13-5-6-26-15(13)18-24-23-17(27-18)10-7-11(9-21-8-10)22-16(25)12-3-1-2-4-14(12)20/h1-9H,(H,22,25). The highest BCUT2D eigenvalue weighted by Gasteiger charge is 2.17. The summed E-state index contributed by atoms with van der Waals surface area (Å²) in [4.78, 5) is 16.3. The summed E-state index contributed by atoms with van der Waals surface area (Å²) in [6.07, 6.45) is 4.31. The van der Waals surface area contributed by atoms with Crippen LogP contribution in [0.25, 0.3) is 23.1 Å². The van der Waals surface area contributed by atoms with Gasteiger partial charge < -0.3 is 14.2 Å². The first-order valence-electron chi connectivity index (χ1n) is 7.70. The summed E-state index contributed by atoms with van der Waals surface area (Å²) >= 11 is 5.97. The van der Waals surface area contributed by atoms with Crippen molar-refractivity contribution >= 4 is 23.2 Å². The van der Waals surface area contributed by atoms with Crippen molar-refractivity contribution in [2.75, 3.05) is 5.32 Å². The van der Waals surface area contributed by atoms with Crippen molar-refractivity contribution in [1.29, 1.82) is 0 Å². The van der Waals surface area contributed by atoms with Gasteiger partial charge in [0.05, 0.1) is 34.3 Å². The number of anilines is 1. The molecule has 1 aromatic carbocycles. The van der Waals surface area contributed by atoms with Crippen molar-refractivity contribution in [3.63, 3.8) is 0 Å². The number of aromatic nitrogens is 3. The van der Waals surface area contributed by atoms with Crippen LogP contribution in [0.1, 0.15) is 10.4 Å². The maximum absolute atomic E-state index is 13.7. The number of nitrogens with zero attached hydrogens (tertiary/aromatic N) is 3. The SMILES string of the molecule is O=C(Nc1cncc(-c2nnc(-c3occc3Cl)o2)c1)c1ccccc1F. The van der Waals surface area contributed by atoms with Crippen LogP contribution in [0, 0.1) is 5.82 Å². The van der Waals surface area contributed by atoms with Crippen LogP contribution in [0.3, 0.4) is 0 Å². The van der Waals surface area contributed by atoms with E-state index in [0.29, 0.717) is 16.3 Å². The number of nitrogens with one attached hydrogen (secondary N) is 1. The number of amides is 1. The lowest BCUT2D eigenvalue weighted by molar-refractivity contribution is 0.102. The highest BCUT2D eigenvalue weighted by Crippen LogP contribution is 2.30. The number of carbonyl (C=O) groups is 1. The van der Waals surface area contributed by atoms with Gasteiger partial charge in [0.15, 0.2) is 0 Å². The first-order chi connectivity index (χ1) is 13.1. The van der Waals surface area contributed by atoms with Crippen LogP contribution in [0.5, 0.6) is 0 Å². The number of hydrogen-bond acceptors (Lipinski definition) is 6. The van der Waals surface area contributed by atoms with Crippen molar-refractivity contribution in [3.8, 4) is 23.1 Å². The summed E-state index contributed by atoms with van der Waals surface area (Å²) in [5.74, 6) is -0.684. The summed E-state index contributed by atoms with van der Waals surface area (Å²) in [6.45, 7) is 0.